The van der Waals surface area contributed by atoms with Gasteiger partial charge in [0.15, 0.2) is 0 Å². The molecule has 0 amide bonds. The number of hydrogen-bond donors (Lipinski definition) is 0. The number of aryl methyl sites for hydroxylation is 2. The molecule has 0 aliphatic carbocycles. The molecule has 302 valence electrons. The van der Waals surface area contributed by atoms with Gasteiger partial charge in [-0.3, -0.25) is 0 Å². The van der Waals surface area contributed by atoms with Crippen LogP contribution in [-0.2, 0) is 12.4 Å². The standard InChI is InChI=1S/C53H33F6N3/c1-31-11-3-5-13-39(31)33-19-21-48-44(25-33)41-15-7-9-17-46(41)61(48)50-29-43(35-23-37(52(54,55)56)28-38(24-35)53(57,58)59)51(27-36(50)30-60)62-47-18-10-8-16-42(47)45-26-34(20-22-49(45)62)40-14-6-4-12-32(40)2/h3-29H,1-2H3. The van der Waals surface area contributed by atoms with Gasteiger partial charge in [0.1, 0.15) is 6.07 Å². The van der Waals surface area contributed by atoms with Crippen molar-refractivity contribution in [3.8, 4) is 50.8 Å². The maximum atomic E-state index is 14.6. The molecule has 0 N–H and O–H groups in total. The van der Waals surface area contributed by atoms with Crippen molar-refractivity contribution in [3.05, 3.63) is 192 Å². The summed E-state index contributed by atoms with van der Waals surface area (Å²) in [7, 11) is 0. The molecule has 0 radical (unpaired) electrons. The average Bonchev–Trinajstić information content (AvgIpc) is 3.77. The van der Waals surface area contributed by atoms with E-state index in [2.05, 4.69) is 12.1 Å². The van der Waals surface area contributed by atoms with Crippen LogP contribution in [0.2, 0.25) is 0 Å². The molecule has 2 heterocycles. The van der Waals surface area contributed by atoms with Gasteiger partial charge in [-0.15, -0.1) is 0 Å². The quantitative estimate of drug-likeness (QED) is 0.159. The van der Waals surface area contributed by atoms with Crippen molar-refractivity contribution >= 4 is 43.6 Å². The molecule has 0 aliphatic heterocycles. The summed E-state index contributed by atoms with van der Waals surface area (Å²) in [6.07, 6.45) is -10.2. The van der Waals surface area contributed by atoms with E-state index in [1.165, 1.54) is 0 Å². The normalized spacial score (nSPS) is 12.2. The van der Waals surface area contributed by atoms with Crippen molar-refractivity contribution < 1.29 is 26.3 Å². The topological polar surface area (TPSA) is 33.6 Å². The predicted octanol–water partition coefficient (Wildman–Crippen LogP) is 15.4. The fourth-order valence-corrected chi connectivity index (χ4v) is 8.97. The maximum absolute atomic E-state index is 14.6. The van der Waals surface area contributed by atoms with Crippen LogP contribution in [0.4, 0.5) is 26.3 Å². The lowest BCUT2D eigenvalue weighted by Crippen LogP contribution is -2.11. The molecule has 0 atom stereocenters. The van der Waals surface area contributed by atoms with Gasteiger partial charge in [-0.1, -0.05) is 97.1 Å². The first-order valence-electron chi connectivity index (χ1n) is 19.9. The second-order valence-corrected chi connectivity index (χ2v) is 15.6. The van der Waals surface area contributed by atoms with E-state index in [4.69, 9.17) is 0 Å². The summed E-state index contributed by atoms with van der Waals surface area (Å²) < 4.78 is 91.2. The van der Waals surface area contributed by atoms with Crippen molar-refractivity contribution in [2.24, 2.45) is 0 Å². The second kappa shape index (κ2) is 14.3. The number of para-hydroxylation sites is 2. The summed E-state index contributed by atoms with van der Waals surface area (Å²) in [6.45, 7) is 4.05. The van der Waals surface area contributed by atoms with E-state index in [9.17, 15) is 31.6 Å². The van der Waals surface area contributed by atoms with E-state index in [0.717, 1.165) is 67.1 Å². The number of halogens is 6. The number of rotatable bonds is 5. The molecule has 9 heteroatoms. The van der Waals surface area contributed by atoms with Crippen LogP contribution in [0, 0.1) is 25.2 Å². The van der Waals surface area contributed by atoms with Crippen molar-refractivity contribution in [1.82, 2.24) is 9.13 Å². The molecule has 0 unspecified atom stereocenters. The van der Waals surface area contributed by atoms with Gasteiger partial charge in [0.2, 0.25) is 0 Å². The van der Waals surface area contributed by atoms with Crippen LogP contribution in [0.25, 0.3) is 88.4 Å². The van der Waals surface area contributed by atoms with Crippen LogP contribution in [-0.4, -0.2) is 9.13 Å². The van der Waals surface area contributed by atoms with Gasteiger partial charge in [-0.05, 0) is 120 Å². The minimum absolute atomic E-state index is 0.0729. The van der Waals surface area contributed by atoms with Gasteiger partial charge in [0, 0.05) is 27.1 Å². The highest BCUT2D eigenvalue weighted by Gasteiger charge is 2.37. The fourth-order valence-electron chi connectivity index (χ4n) is 8.97. The smallest absolute Gasteiger partial charge is 0.309 e. The minimum atomic E-state index is -5.09. The van der Waals surface area contributed by atoms with Crippen molar-refractivity contribution in [1.29, 1.82) is 5.26 Å². The Labute approximate surface area is 351 Å². The molecule has 10 aromatic rings. The number of benzene rings is 8. The van der Waals surface area contributed by atoms with E-state index in [-0.39, 0.29) is 28.4 Å². The maximum Gasteiger partial charge on any atom is 0.416 e. The molecule has 3 nitrogen and oxygen atoms in total. The summed E-state index contributed by atoms with van der Waals surface area (Å²) in [5, 5.41) is 14.4. The first-order valence-corrected chi connectivity index (χ1v) is 19.9. The van der Waals surface area contributed by atoms with Gasteiger partial charge in [0.05, 0.1) is 50.1 Å². The van der Waals surface area contributed by atoms with Gasteiger partial charge in [-0.25, -0.2) is 0 Å². The van der Waals surface area contributed by atoms with Gasteiger partial charge in [0.25, 0.3) is 0 Å². The SMILES string of the molecule is Cc1ccccc1-c1ccc2c(c1)c1ccccc1n2-c1cc(-c2cc(C(F)(F)F)cc(C(F)(F)F)c2)c(-n2c3ccccc3c3cc(-c4ccccc4C)ccc32)cc1C#N. The number of hydrogen-bond acceptors (Lipinski definition) is 1. The molecule has 0 fully saturated rings. The molecule has 10 rings (SSSR count). The fraction of sp³-hybridized carbons (Fsp3) is 0.0755. The van der Waals surface area contributed by atoms with Crippen LogP contribution in [0.5, 0.6) is 0 Å². The van der Waals surface area contributed by atoms with Crippen LogP contribution in [0.15, 0.2) is 164 Å². The van der Waals surface area contributed by atoms with Crippen molar-refractivity contribution in [2.45, 2.75) is 26.2 Å². The van der Waals surface area contributed by atoms with E-state index in [1.54, 1.807) is 12.1 Å². The molecule has 0 spiro atoms. The van der Waals surface area contributed by atoms with Crippen LogP contribution in [0.3, 0.4) is 0 Å². The zero-order valence-electron chi connectivity index (χ0n) is 33.2. The lowest BCUT2D eigenvalue weighted by molar-refractivity contribution is -0.143. The summed E-state index contributed by atoms with van der Waals surface area (Å²) in [5.41, 5.74) is 6.44. The Hall–Kier alpha value is -7.57. The van der Waals surface area contributed by atoms with Crippen LogP contribution >= 0.6 is 0 Å². The van der Waals surface area contributed by atoms with Gasteiger partial charge >= 0.3 is 12.4 Å². The zero-order chi connectivity index (χ0) is 43.1. The van der Waals surface area contributed by atoms with Gasteiger partial charge < -0.3 is 9.13 Å². The Morgan fingerprint density at radius 3 is 1.31 bits per heavy atom. The lowest BCUT2D eigenvalue weighted by atomic mass is 9.95. The number of alkyl halides is 6. The van der Waals surface area contributed by atoms with Crippen LogP contribution < -0.4 is 0 Å². The Bertz CT molecular complexity index is 3450. The first kappa shape index (κ1) is 38.6. The monoisotopic (exact) mass is 825 g/mol. The highest BCUT2D eigenvalue weighted by Crippen LogP contribution is 2.45. The highest BCUT2D eigenvalue weighted by molar-refractivity contribution is 6.12. The number of aromatic nitrogens is 2. The number of nitriles is 1. The van der Waals surface area contributed by atoms with E-state index in [0.29, 0.717) is 27.8 Å². The predicted molar refractivity (Wildman–Crippen MR) is 236 cm³/mol. The summed E-state index contributed by atoms with van der Waals surface area (Å²) in [5.74, 6) is 0. The largest absolute Gasteiger partial charge is 0.416 e. The van der Waals surface area contributed by atoms with E-state index < -0.39 is 23.5 Å². The third-order valence-corrected chi connectivity index (χ3v) is 11.9. The molecule has 2 aromatic heterocycles. The van der Waals surface area contributed by atoms with E-state index >= 15 is 0 Å². The molecule has 0 saturated heterocycles. The third-order valence-electron chi connectivity index (χ3n) is 11.9. The Kier molecular flexibility index (Phi) is 8.89. The van der Waals surface area contributed by atoms with E-state index in [1.807, 2.05) is 150 Å². The molecular weight excluding hydrogens is 793 g/mol. The summed E-state index contributed by atoms with van der Waals surface area (Å²) in [6, 6.07) is 50.1. The lowest BCUT2D eigenvalue weighted by Gasteiger charge is -2.20. The molecular formula is C53H33F6N3. The highest BCUT2D eigenvalue weighted by atomic mass is 19.4. The molecule has 0 aliphatic rings. The van der Waals surface area contributed by atoms with Crippen LogP contribution in [0.1, 0.15) is 27.8 Å². The average molecular weight is 826 g/mol. The second-order valence-electron chi connectivity index (χ2n) is 15.6. The molecule has 62 heavy (non-hydrogen) atoms. The number of nitrogens with zero attached hydrogens (tertiary/aromatic N) is 3. The first-order chi connectivity index (χ1) is 29.8. The van der Waals surface area contributed by atoms with Crippen molar-refractivity contribution in [2.75, 3.05) is 0 Å². The summed E-state index contributed by atoms with van der Waals surface area (Å²) >= 11 is 0. The van der Waals surface area contributed by atoms with Gasteiger partial charge in [-0.2, -0.15) is 31.6 Å². The minimum Gasteiger partial charge on any atom is -0.309 e. The Morgan fingerprint density at radius 2 is 0.839 bits per heavy atom. The zero-order valence-corrected chi connectivity index (χ0v) is 33.2. The Morgan fingerprint density at radius 1 is 0.403 bits per heavy atom. The third kappa shape index (κ3) is 6.29. The molecule has 8 aromatic carbocycles. The molecule has 0 saturated carbocycles. The molecule has 0 bridgehead atoms. The Balaban J connectivity index is 1.32. The summed E-state index contributed by atoms with van der Waals surface area (Å²) in [4.78, 5) is 0. The number of fused-ring (bicyclic) bond motifs is 6. The van der Waals surface area contributed by atoms with Crippen molar-refractivity contribution in [3.63, 3.8) is 0 Å².